The molecular formula is C12H14F3N3O3. The molecule has 116 valence electrons. The fraction of sp³-hybridized carbons (Fsp3) is 0.417. The Balaban J connectivity index is 2.86. The van der Waals surface area contributed by atoms with Crippen LogP contribution >= 0.6 is 0 Å². The van der Waals surface area contributed by atoms with Crippen molar-refractivity contribution in [2.75, 3.05) is 6.61 Å². The normalized spacial score (nSPS) is 12.2. The maximum Gasteiger partial charge on any atom is 0.435 e. The van der Waals surface area contributed by atoms with Gasteiger partial charge in [0.15, 0.2) is 5.69 Å². The maximum absolute atomic E-state index is 12.5. The van der Waals surface area contributed by atoms with E-state index in [1.807, 2.05) is 0 Å². The number of aromatic nitrogens is 2. The van der Waals surface area contributed by atoms with Crippen LogP contribution in [0, 0.1) is 0 Å². The Morgan fingerprint density at radius 3 is 2.57 bits per heavy atom. The van der Waals surface area contributed by atoms with E-state index in [0.29, 0.717) is 6.07 Å². The molecule has 0 bridgehead atoms. The number of nitrogens with one attached hydrogen (secondary N) is 1. The zero-order valence-electron chi connectivity index (χ0n) is 11.6. The molecule has 0 unspecified atom stereocenters. The van der Waals surface area contributed by atoms with Gasteiger partial charge in [0.2, 0.25) is 0 Å². The molecular weight excluding hydrogens is 291 g/mol. The summed E-state index contributed by atoms with van der Waals surface area (Å²) in [7, 11) is 1.22. The second-order valence-corrected chi connectivity index (χ2v) is 4.07. The standard InChI is InChI=1S/C12H14F3N3O3/c1-4-21-10(19)5-7(2)16-11(20)8-6-9(12(13,14)15)17-18(8)3/h5-6H,4H2,1-3H3,(H,16,20)/b7-5+. The predicted molar refractivity (Wildman–Crippen MR) is 66.1 cm³/mol. The summed E-state index contributed by atoms with van der Waals surface area (Å²) in [6, 6.07) is 0.632. The Morgan fingerprint density at radius 1 is 1.48 bits per heavy atom. The number of carbonyl (C=O) groups excluding carboxylic acids is 2. The van der Waals surface area contributed by atoms with Crippen LogP contribution in [0.3, 0.4) is 0 Å². The summed E-state index contributed by atoms with van der Waals surface area (Å²) >= 11 is 0. The summed E-state index contributed by atoms with van der Waals surface area (Å²) < 4.78 is 42.9. The van der Waals surface area contributed by atoms with Gasteiger partial charge in [-0.2, -0.15) is 18.3 Å². The van der Waals surface area contributed by atoms with E-state index in [2.05, 4.69) is 15.2 Å². The summed E-state index contributed by atoms with van der Waals surface area (Å²) in [4.78, 5) is 23.0. The van der Waals surface area contributed by atoms with Crippen LogP contribution in [-0.4, -0.2) is 28.3 Å². The number of halogens is 3. The zero-order valence-corrected chi connectivity index (χ0v) is 11.6. The van der Waals surface area contributed by atoms with Crippen molar-refractivity contribution in [2.24, 2.45) is 7.05 Å². The molecule has 1 N–H and O–H groups in total. The molecule has 1 aromatic rings. The van der Waals surface area contributed by atoms with Gasteiger partial charge in [0, 0.05) is 24.9 Å². The molecule has 0 atom stereocenters. The number of hydrogen-bond acceptors (Lipinski definition) is 4. The van der Waals surface area contributed by atoms with Crippen LogP contribution < -0.4 is 5.32 Å². The minimum Gasteiger partial charge on any atom is -0.463 e. The van der Waals surface area contributed by atoms with E-state index in [4.69, 9.17) is 0 Å². The number of allylic oxidation sites excluding steroid dienone is 1. The molecule has 0 saturated heterocycles. The minimum absolute atomic E-state index is 0.146. The van der Waals surface area contributed by atoms with Gasteiger partial charge in [0.1, 0.15) is 5.69 Å². The number of hydrogen-bond donors (Lipinski definition) is 1. The van der Waals surface area contributed by atoms with E-state index in [-0.39, 0.29) is 18.0 Å². The number of alkyl halides is 3. The SMILES string of the molecule is CCOC(=O)/C=C(\C)NC(=O)c1cc(C(F)(F)F)nn1C. The van der Waals surface area contributed by atoms with Gasteiger partial charge in [-0.05, 0) is 13.8 Å². The van der Waals surface area contributed by atoms with Crippen molar-refractivity contribution in [2.45, 2.75) is 20.0 Å². The molecule has 0 saturated carbocycles. The van der Waals surface area contributed by atoms with Crippen LogP contribution in [0.4, 0.5) is 13.2 Å². The number of carbonyl (C=O) groups is 2. The highest BCUT2D eigenvalue weighted by Crippen LogP contribution is 2.28. The molecule has 9 heteroatoms. The van der Waals surface area contributed by atoms with Crippen LogP contribution in [0.15, 0.2) is 17.8 Å². The molecule has 0 fully saturated rings. The third-order valence-corrected chi connectivity index (χ3v) is 2.33. The molecule has 0 aliphatic rings. The second kappa shape index (κ2) is 6.42. The summed E-state index contributed by atoms with van der Waals surface area (Å²) in [6.45, 7) is 3.21. The van der Waals surface area contributed by atoms with Crippen LogP contribution in [0.5, 0.6) is 0 Å². The van der Waals surface area contributed by atoms with Gasteiger partial charge in [0.25, 0.3) is 5.91 Å². The monoisotopic (exact) mass is 305 g/mol. The van der Waals surface area contributed by atoms with Crippen molar-refractivity contribution in [3.05, 3.63) is 29.2 Å². The summed E-state index contributed by atoms with van der Waals surface area (Å²) in [5.41, 5.74) is -1.30. The number of aryl methyl sites for hydroxylation is 1. The van der Waals surface area contributed by atoms with Crippen LogP contribution in [0.25, 0.3) is 0 Å². The number of amides is 1. The first kappa shape index (κ1) is 16.7. The molecule has 1 aromatic heterocycles. The van der Waals surface area contributed by atoms with E-state index in [0.717, 1.165) is 10.8 Å². The highest BCUT2D eigenvalue weighted by molar-refractivity contribution is 5.94. The summed E-state index contributed by atoms with van der Waals surface area (Å²) in [5, 5.41) is 5.50. The summed E-state index contributed by atoms with van der Waals surface area (Å²) in [6.07, 6.45) is -3.60. The lowest BCUT2D eigenvalue weighted by molar-refractivity contribution is -0.141. The van der Waals surface area contributed by atoms with Crippen molar-refractivity contribution < 1.29 is 27.5 Å². The lowest BCUT2D eigenvalue weighted by Crippen LogP contribution is -2.24. The highest BCUT2D eigenvalue weighted by atomic mass is 19.4. The van der Waals surface area contributed by atoms with E-state index >= 15 is 0 Å². The molecule has 1 heterocycles. The second-order valence-electron chi connectivity index (χ2n) is 4.07. The Labute approximate surface area is 118 Å². The van der Waals surface area contributed by atoms with Gasteiger partial charge < -0.3 is 10.1 Å². The van der Waals surface area contributed by atoms with E-state index in [9.17, 15) is 22.8 Å². The van der Waals surface area contributed by atoms with Crippen molar-refractivity contribution in [3.8, 4) is 0 Å². The smallest absolute Gasteiger partial charge is 0.435 e. The lowest BCUT2D eigenvalue weighted by atomic mass is 10.3. The molecule has 0 aliphatic carbocycles. The Morgan fingerprint density at radius 2 is 2.10 bits per heavy atom. The molecule has 0 spiro atoms. The number of ether oxygens (including phenoxy) is 1. The highest BCUT2D eigenvalue weighted by Gasteiger charge is 2.35. The summed E-state index contributed by atoms with van der Waals surface area (Å²) in [5.74, 6) is -1.46. The topological polar surface area (TPSA) is 73.2 Å². The number of nitrogens with zero attached hydrogens (tertiary/aromatic N) is 2. The average molecular weight is 305 g/mol. The minimum atomic E-state index is -4.63. The van der Waals surface area contributed by atoms with Gasteiger partial charge in [-0.3, -0.25) is 9.48 Å². The Hall–Kier alpha value is -2.32. The average Bonchev–Trinajstić information content (AvgIpc) is 2.70. The van der Waals surface area contributed by atoms with Crippen molar-refractivity contribution in [3.63, 3.8) is 0 Å². The lowest BCUT2D eigenvalue weighted by Gasteiger charge is -2.05. The molecule has 0 aromatic carbocycles. The largest absolute Gasteiger partial charge is 0.463 e. The first-order valence-electron chi connectivity index (χ1n) is 5.92. The van der Waals surface area contributed by atoms with Gasteiger partial charge in [-0.15, -0.1) is 0 Å². The van der Waals surface area contributed by atoms with Gasteiger partial charge in [-0.1, -0.05) is 0 Å². The number of rotatable bonds is 4. The zero-order chi connectivity index (χ0) is 16.2. The Kier molecular flexibility index (Phi) is 5.12. The maximum atomic E-state index is 12.5. The van der Waals surface area contributed by atoms with Crippen LogP contribution in [0.1, 0.15) is 30.0 Å². The number of esters is 1. The third-order valence-electron chi connectivity index (χ3n) is 2.33. The molecule has 1 rings (SSSR count). The predicted octanol–water partition coefficient (Wildman–Crippen LogP) is 1.64. The third kappa shape index (κ3) is 4.62. The first-order valence-corrected chi connectivity index (χ1v) is 5.92. The molecule has 0 radical (unpaired) electrons. The van der Waals surface area contributed by atoms with Gasteiger partial charge in [-0.25, -0.2) is 4.79 Å². The van der Waals surface area contributed by atoms with Crippen LogP contribution in [0.2, 0.25) is 0 Å². The van der Waals surface area contributed by atoms with E-state index in [1.54, 1.807) is 6.92 Å². The fourth-order valence-corrected chi connectivity index (χ4v) is 1.46. The molecule has 0 aliphatic heterocycles. The molecule has 1 amide bonds. The van der Waals surface area contributed by atoms with Crippen molar-refractivity contribution in [1.82, 2.24) is 15.1 Å². The quantitative estimate of drug-likeness (QED) is 0.678. The van der Waals surface area contributed by atoms with E-state index < -0.39 is 23.7 Å². The van der Waals surface area contributed by atoms with E-state index in [1.165, 1.54) is 14.0 Å². The van der Waals surface area contributed by atoms with Crippen LogP contribution in [-0.2, 0) is 22.8 Å². The van der Waals surface area contributed by atoms with Crippen molar-refractivity contribution in [1.29, 1.82) is 0 Å². The van der Waals surface area contributed by atoms with Crippen molar-refractivity contribution >= 4 is 11.9 Å². The molecule has 21 heavy (non-hydrogen) atoms. The fourth-order valence-electron chi connectivity index (χ4n) is 1.46. The molecule has 6 nitrogen and oxygen atoms in total. The Bertz CT molecular complexity index is 576. The van der Waals surface area contributed by atoms with Gasteiger partial charge in [0.05, 0.1) is 6.61 Å². The van der Waals surface area contributed by atoms with Gasteiger partial charge >= 0.3 is 12.1 Å². The first-order chi connectivity index (χ1) is 9.65.